The smallest absolute Gasteiger partial charge is 0.412 e. The minimum Gasteiger partial charge on any atom is -0.459 e. The van der Waals surface area contributed by atoms with Crippen LogP contribution in [-0.4, -0.2) is 83.0 Å². The number of ether oxygens (including phenoxy) is 3. The van der Waals surface area contributed by atoms with Crippen molar-refractivity contribution < 1.29 is 43.8 Å². The standard InChI is InChI=1S/C46H62N4O10/c1-4-26-57-46-41(49(3)42(53)23-18-31-12-6-7-13-31)29-39(48-58-30-32-16-19-34(20-17-32)50(55)56)37-27-33(14-8-10-24-51)36(15-9-11-25-52)43(44(37)46)38-28-35(21-22-40(38)60-46)59-45(54)47-5-2/h4,16-17,19-22,27-28,31,33,36,41,43-44,51-52H,1,5-15,18,23-26,29-30H2,2-3H3,(H,47,54)/t33-,36+,41-,43+,44+,46+/m0/s1. The van der Waals surface area contributed by atoms with E-state index < -0.39 is 28.8 Å². The number of allylic oxidation sites excluding steroid dienone is 1. The number of nitrogens with one attached hydrogen (secondary N) is 1. The second kappa shape index (κ2) is 21.1. The van der Waals surface area contributed by atoms with Crippen molar-refractivity contribution in [3.05, 3.63) is 88.0 Å². The van der Waals surface area contributed by atoms with Gasteiger partial charge in [-0.25, -0.2) is 4.79 Å². The average Bonchev–Trinajstić information content (AvgIpc) is 3.77. The monoisotopic (exact) mass is 830 g/mol. The number of oxime groups is 1. The van der Waals surface area contributed by atoms with E-state index in [1.54, 1.807) is 29.2 Å². The van der Waals surface area contributed by atoms with Crippen LogP contribution in [0.1, 0.15) is 107 Å². The van der Waals surface area contributed by atoms with Gasteiger partial charge in [-0.15, -0.1) is 6.58 Å². The quantitative estimate of drug-likeness (QED) is 0.0483. The van der Waals surface area contributed by atoms with Crippen LogP contribution < -0.4 is 14.8 Å². The molecule has 3 aliphatic carbocycles. The molecule has 0 saturated heterocycles. The van der Waals surface area contributed by atoms with Crippen LogP contribution in [-0.2, 0) is 21.0 Å². The topological polar surface area (TPSA) is 182 Å². The van der Waals surface area contributed by atoms with Gasteiger partial charge in [0.2, 0.25) is 11.7 Å². The highest BCUT2D eigenvalue weighted by molar-refractivity contribution is 6.03. The number of hydrogen-bond acceptors (Lipinski definition) is 11. The summed E-state index contributed by atoms with van der Waals surface area (Å²) >= 11 is 0. The van der Waals surface area contributed by atoms with Gasteiger partial charge in [0.05, 0.1) is 23.2 Å². The van der Waals surface area contributed by atoms with Gasteiger partial charge in [-0.3, -0.25) is 14.9 Å². The molecule has 6 rings (SSSR count). The molecule has 326 valence electrons. The summed E-state index contributed by atoms with van der Waals surface area (Å²) in [4.78, 5) is 45.8. The number of non-ortho nitro benzene ring substituents is 1. The Labute approximate surface area is 353 Å². The number of nitro groups is 1. The number of carbonyl (C=O) groups is 2. The maximum atomic E-state index is 14.4. The molecular weight excluding hydrogens is 769 g/mol. The highest BCUT2D eigenvalue weighted by atomic mass is 16.7. The number of nitro benzene ring substituents is 1. The molecular formula is C46H62N4O10. The van der Waals surface area contributed by atoms with Crippen LogP contribution >= 0.6 is 0 Å². The van der Waals surface area contributed by atoms with Crippen LogP contribution in [0.3, 0.4) is 0 Å². The first kappa shape index (κ1) is 44.8. The number of carbonyl (C=O) groups excluding carboxylic acids is 2. The van der Waals surface area contributed by atoms with Crippen molar-refractivity contribution in [3.8, 4) is 11.5 Å². The Hall–Kier alpha value is -4.79. The lowest BCUT2D eigenvalue weighted by Crippen LogP contribution is -2.69. The van der Waals surface area contributed by atoms with Crippen LogP contribution in [0, 0.1) is 33.8 Å². The number of aliphatic hydroxyl groups is 2. The van der Waals surface area contributed by atoms with Gasteiger partial charge in [-0.2, -0.15) is 0 Å². The van der Waals surface area contributed by atoms with E-state index in [4.69, 9.17) is 24.2 Å². The first-order chi connectivity index (χ1) is 29.1. The summed E-state index contributed by atoms with van der Waals surface area (Å²) in [7, 11) is 1.82. The minimum absolute atomic E-state index is 0.00229. The van der Waals surface area contributed by atoms with Gasteiger partial charge in [0.15, 0.2) is 0 Å². The molecule has 3 N–H and O–H groups in total. The number of hydrogen-bond donors (Lipinski definition) is 3. The normalized spacial score (nSPS) is 25.0. The van der Waals surface area contributed by atoms with E-state index in [1.807, 2.05) is 26.1 Å². The van der Waals surface area contributed by atoms with Crippen molar-refractivity contribution in [1.29, 1.82) is 0 Å². The van der Waals surface area contributed by atoms with Crippen LogP contribution in [0.2, 0.25) is 0 Å². The van der Waals surface area contributed by atoms with E-state index in [1.165, 1.54) is 25.0 Å². The SMILES string of the molecule is C=CCO[C@@]12Oc3ccc(OC(=O)NCC)cc3[C@H]3[C@H](CCCCO)[C@@H](CCCCO)C=C(C(=NOCc4ccc([N+](=O)[O-])cc4)C[C@@H]1N(C)C(=O)CCC1CCCC1)[C@H]32. The van der Waals surface area contributed by atoms with Gasteiger partial charge in [-0.1, -0.05) is 55.8 Å². The van der Waals surface area contributed by atoms with E-state index in [9.17, 15) is 29.9 Å². The van der Waals surface area contributed by atoms with Gasteiger partial charge in [0.1, 0.15) is 24.1 Å². The average molecular weight is 831 g/mol. The highest BCUT2D eigenvalue weighted by Gasteiger charge is 2.65. The molecule has 0 spiro atoms. The van der Waals surface area contributed by atoms with Crippen molar-refractivity contribution in [2.45, 2.75) is 115 Å². The van der Waals surface area contributed by atoms with Crippen molar-refractivity contribution in [2.75, 3.05) is 33.4 Å². The molecule has 14 heteroatoms. The second-order valence-electron chi connectivity index (χ2n) is 16.6. The predicted molar refractivity (Wildman–Crippen MR) is 227 cm³/mol. The molecule has 0 bridgehead atoms. The third-order valence-corrected chi connectivity index (χ3v) is 12.8. The number of rotatable bonds is 21. The van der Waals surface area contributed by atoms with E-state index >= 15 is 0 Å². The molecule has 14 nitrogen and oxygen atoms in total. The van der Waals surface area contributed by atoms with E-state index in [0.29, 0.717) is 54.5 Å². The molecule has 2 fully saturated rings. The second-order valence-corrected chi connectivity index (χ2v) is 16.6. The van der Waals surface area contributed by atoms with Gasteiger partial charge in [0.25, 0.3) is 5.69 Å². The summed E-state index contributed by atoms with van der Waals surface area (Å²) in [6.45, 7) is 6.55. The summed E-state index contributed by atoms with van der Waals surface area (Å²) in [5.74, 6) is -0.720. The Morgan fingerprint density at radius 1 is 1.07 bits per heavy atom. The summed E-state index contributed by atoms with van der Waals surface area (Å²) in [5.41, 5.74) is 3.05. The Bertz CT molecular complexity index is 1860. The molecule has 60 heavy (non-hydrogen) atoms. The largest absolute Gasteiger partial charge is 0.459 e. The van der Waals surface area contributed by atoms with Crippen LogP contribution in [0.15, 0.2) is 71.9 Å². The van der Waals surface area contributed by atoms with Gasteiger partial charge < -0.3 is 39.5 Å². The molecule has 0 radical (unpaired) electrons. The maximum Gasteiger partial charge on any atom is 0.412 e. The molecule has 1 heterocycles. The number of unbranched alkanes of at least 4 members (excludes halogenated alkanes) is 2. The zero-order valence-electron chi connectivity index (χ0n) is 35.1. The van der Waals surface area contributed by atoms with Gasteiger partial charge in [0, 0.05) is 63.3 Å². The van der Waals surface area contributed by atoms with Crippen LogP contribution in [0.5, 0.6) is 11.5 Å². The fraction of sp³-hybridized carbons (Fsp3) is 0.587. The molecule has 2 aromatic rings. The number of nitrogens with zero attached hydrogens (tertiary/aromatic N) is 3. The van der Waals surface area contributed by atoms with Crippen molar-refractivity contribution in [1.82, 2.24) is 10.2 Å². The Balaban J connectivity index is 1.50. The number of fused-ring (bicyclic) bond motifs is 2. The molecule has 2 amide bonds. The fourth-order valence-electron chi connectivity index (χ4n) is 9.95. The van der Waals surface area contributed by atoms with Crippen molar-refractivity contribution in [3.63, 3.8) is 0 Å². The lowest BCUT2D eigenvalue weighted by atomic mass is 9.55. The molecule has 1 aliphatic heterocycles. The van der Waals surface area contributed by atoms with Crippen molar-refractivity contribution >= 4 is 23.4 Å². The maximum absolute atomic E-state index is 14.4. The fourth-order valence-corrected chi connectivity index (χ4v) is 9.95. The summed E-state index contributed by atoms with van der Waals surface area (Å²) in [6, 6.07) is 10.9. The number of aliphatic hydroxyl groups excluding tert-OH is 2. The van der Waals surface area contributed by atoms with Crippen LogP contribution in [0.25, 0.3) is 0 Å². The van der Waals surface area contributed by atoms with Gasteiger partial charge >= 0.3 is 6.09 Å². The Morgan fingerprint density at radius 2 is 1.80 bits per heavy atom. The van der Waals surface area contributed by atoms with E-state index in [-0.39, 0.29) is 62.2 Å². The zero-order chi connectivity index (χ0) is 42.6. The number of likely N-dealkylation sites (N-methyl/N-ethyl adjacent to an activating group) is 1. The minimum atomic E-state index is -1.39. The van der Waals surface area contributed by atoms with Gasteiger partial charge in [-0.05, 0) is 98.2 Å². The predicted octanol–water partition coefficient (Wildman–Crippen LogP) is 7.97. The van der Waals surface area contributed by atoms with E-state index in [0.717, 1.165) is 56.1 Å². The molecule has 4 aliphatic rings. The molecule has 0 unspecified atom stereocenters. The van der Waals surface area contributed by atoms with E-state index in [2.05, 4.69) is 18.0 Å². The summed E-state index contributed by atoms with van der Waals surface area (Å²) in [5, 5.41) is 38.6. The summed E-state index contributed by atoms with van der Waals surface area (Å²) in [6.07, 6.45) is 13.8. The molecule has 6 atom stereocenters. The third kappa shape index (κ3) is 10.2. The highest BCUT2D eigenvalue weighted by Crippen LogP contribution is 2.62. The summed E-state index contributed by atoms with van der Waals surface area (Å²) < 4.78 is 19.9. The number of benzene rings is 2. The third-order valence-electron chi connectivity index (χ3n) is 12.8. The Morgan fingerprint density at radius 3 is 2.48 bits per heavy atom. The lowest BCUT2D eigenvalue weighted by molar-refractivity contribution is -0.384. The van der Waals surface area contributed by atoms with Crippen molar-refractivity contribution in [2.24, 2.45) is 28.8 Å². The van der Waals surface area contributed by atoms with Crippen LogP contribution in [0.4, 0.5) is 10.5 Å². The zero-order valence-corrected chi connectivity index (χ0v) is 35.1. The first-order valence-electron chi connectivity index (χ1n) is 21.8. The number of amides is 2. The molecule has 0 aromatic heterocycles. The lowest BCUT2D eigenvalue weighted by Gasteiger charge is -2.59. The molecule has 2 aromatic carbocycles. The first-order valence-corrected chi connectivity index (χ1v) is 21.8. The molecule has 2 saturated carbocycles. The Kier molecular flexibility index (Phi) is 15.8.